The molecule has 0 N–H and O–H groups in total. The van der Waals surface area contributed by atoms with Gasteiger partial charge in [-0.1, -0.05) is 20.3 Å². The van der Waals surface area contributed by atoms with Gasteiger partial charge in [0, 0.05) is 0 Å². The van der Waals surface area contributed by atoms with Crippen LogP contribution in [0.4, 0.5) is 0 Å². The summed E-state index contributed by atoms with van der Waals surface area (Å²) in [5, 5.41) is 0. The third-order valence-electron chi connectivity index (χ3n) is 3.63. The minimum Gasteiger partial charge on any atom is -0.0654 e. The summed E-state index contributed by atoms with van der Waals surface area (Å²) in [4.78, 5) is 0. The molecule has 0 aromatic heterocycles. The van der Waals surface area contributed by atoms with Gasteiger partial charge >= 0.3 is 0 Å². The highest BCUT2D eigenvalue weighted by atomic mass is 14.8. The largest absolute Gasteiger partial charge is 0.0654 e. The van der Waals surface area contributed by atoms with Gasteiger partial charge in [0.1, 0.15) is 0 Å². The molecule has 2 fully saturated rings. The van der Waals surface area contributed by atoms with Gasteiger partial charge in [0.25, 0.3) is 0 Å². The second kappa shape index (κ2) is 1.36. The molecule has 0 atom stereocenters. The average Bonchev–Trinajstić information content (AvgIpc) is 2.53. The molecule has 0 amide bonds. The molecule has 0 radical (unpaired) electrons. The molecule has 0 unspecified atom stereocenters. The molecule has 0 aliphatic heterocycles. The van der Waals surface area contributed by atoms with Gasteiger partial charge in [-0.25, -0.2) is 0 Å². The molecule has 2 aliphatic rings. The van der Waals surface area contributed by atoms with Crippen molar-refractivity contribution < 1.29 is 0 Å². The van der Waals surface area contributed by atoms with Crippen LogP contribution in [0.5, 0.6) is 0 Å². The van der Waals surface area contributed by atoms with E-state index in [0.717, 1.165) is 10.8 Å². The fourth-order valence-electron chi connectivity index (χ4n) is 2.70. The predicted octanol–water partition coefficient (Wildman–Crippen LogP) is 2.98. The molecule has 0 bridgehead atoms. The Bertz CT molecular complexity index is 129. The Morgan fingerprint density at radius 3 is 2.11 bits per heavy atom. The summed E-state index contributed by atoms with van der Waals surface area (Å²) >= 11 is 0. The van der Waals surface area contributed by atoms with Gasteiger partial charge in [0.2, 0.25) is 0 Å². The zero-order valence-corrected chi connectivity index (χ0v) is 6.54. The molecule has 0 heteroatoms. The minimum absolute atomic E-state index is 0.906. The Morgan fingerprint density at radius 2 is 1.78 bits per heavy atom. The highest BCUT2D eigenvalue weighted by molar-refractivity contribution is 5.29. The number of hydrogen-bond acceptors (Lipinski definition) is 0. The van der Waals surface area contributed by atoms with E-state index in [-0.39, 0.29) is 0 Å². The zero-order chi connectivity index (χ0) is 6.54. The second-order valence-electron chi connectivity index (χ2n) is 4.02. The molecule has 2 aliphatic carbocycles. The minimum atomic E-state index is 0.906. The maximum atomic E-state index is 2.35. The summed E-state index contributed by atoms with van der Waals surface area (Å²) in [6.07, 6.45) is 7.52. The van der Waals surface area contributed by atoms with Crippen molar-refractivity contribution in [2.75, 3.05) is 0 Å². The summed E-state index contributed by atoms with van der Waals surface area (Å²) < 4.78 is 0. The van der Waals surface area contributed by atoms with Crippen molar-refractivity contribution in [3.63, 3.8) is 0 Å². The van der Waals surface area contributed by atoms with Gasteiger partial charge in [-0.15, -0.1) is 0 Å². The fraction of sp³-hybridized carbons (Fsp3) is 1.00. The van der Waals surface area contributed by atoms with Crippen LogP contribution in [0.2, 0.25) is 0 Å². The Balaban J connectivity index is 1.91. The average molecular weight is 124 g/mol. The van der Waals surface area contributed by atoms with Gasteiger partial charge in [0.15, 0.2) is 0 Å². The molecule has 9 heavy (non-hydrogen) atoms. The summed E-state index contributed by atoms with van der Waals surface area (Å²) in [6, 6.07) is 0. The molecule has 2 saturated carbocycles. The molecule has 0 heterocycles. The maximum absolute atomic E-state index is 2.35. The van der Waals surface area contributed by atoms with E-state index in [9.17, 15) is 0 Å². The van der Waals surface area contributed by atoms with E-state index < -0.39 is 0 Å². The Labute approximate surface area is 57.6 Å². The van der Waals surface area contributed by atoms with Crippen molar-refractivity contribution in [2.45, 2.75) is 46.0 Å². The summed E-state index contributed by atoms with van der Waals surface area (Å²) in [5.74, 6) is 0. The monoisotopic (exact) mass is 124 g/mol. The van der Waals surface area contributed by atoms with E-state index in [4.69, 9.17) is 0 Å². The summed E-state index contributed by atoms with van der Waals surface area (Å²) in [5.41, 5.74) is 1.82. The molecule has 0 nitrogen and oxygen atoms in total. The van der Waals surface area contributed by atoms with Gasteiger partial charge in [-0.3, -0.25) is 0 Å². The smallest absolute Gasteiger partial charge is 0.0230 e. The molecule has 52 valence electrons. The molecular weight excluding hydrogens is 108 g/mol. The van der Waals surface area contributed by atoms with E-state index in [1.54, 1.807) is 12.8 Å². The van der Waals surface area contributed by atoms with Crippen molar-refractivity contribution >= 4 is 0 Å². The van der Waals surface area contributed by atoms with E-state index in [1.165, 1.54) is 19.3 Å². The Morgan fingerprint density at radius 1 is 1.11 bits per heavy atom. The van der Waals surface area contributed by atoms with E-state index in [1.807, 2.05) is 0 Å². The van der Waals surface area contributed by atoms with Gasteiger partial charge in [0.05, 0.1) is 0 Å². The lowest BCUT2D eigenvalue weighted by Gasteiger charge is -1.95. The van der Waals surface area contributed by atoms with Crippen molar-refractivity contribution in [2.24, 2.45) is 10.8 Å². The van der Waals surface area contributed by atoms with Crippen LogP contribution in [0.3, 0.4) is 0 Å². The van der Waals surface area contributed by atoms with E-state index >= 15 is 0 Å². The first-order valence-electron chi connectivity index (χ1n) is 4.29. The standard InChI is InChI=1S/C9H16/c1-3-5-9-6-8(9,4-2)7-9/h3-7H2,1-2H3. The van der Waals surface area contributed by atoms with Gasteiger partial charge in [-0.2, -0.15) is 0 Å². The quantitative estimate of drug-likeness (QED) is 0.542. The number of rotatable bonds is 3. The molecule has 0 aromatic rings. The first kappa shape index (κ1) is 5.76. The molecule has 2 rings (SSSR count). The lowest BCUT2D eigenvalue weighted by Crippen LogP contribution is -1.81. The van der Waals surface area contributed by atoms with Crippen LogP contribution in [0, 0.1) is 10.8 Å². The molecule has 0 aromatic carbocycles. The lowest BCUT2D eigenvalue weighted by molar-refractivity contribution is 0.572. The van der Waals surface area contributed by atoms with Crippen LogP contribution in [0.15, 0.2) is 0 Å². The second-order valence-corrected chi connectivity index (χ2v) is 4.02. The molecular formula is C9H16. The van der Waals surface area contributed by atoms with Gasteiger partial charge < -0.3 is 0 Å². The third kappa shape index (κ3) is 0.500. The van der Waals surface area contributed by atoms with Crippen LogP contribution >= 0.6 is 0 Å². The topological polar surface area (TPSA) is 0 Å². The highest BCUT2D eigenvalue weighted by Gasteiger charge is 2.80. The number of fused-ring (bicyclic) bond motifs is 1. The van der Waals surface area contributed by atoms with Crippen molar-refractivity contribution in [1.29, 1.82) is 0 Å². The third-order valence-corrected chi connectivity index (χ3v) is 3.63. The Kier molecular flexibility index (Phi) is 0.868. The van der Waals surface area contributed by atoms with Crippen LogP contribution in [0.25, 0.3) is 0 Å². The van der Waals surface area contributed by atoms with Crippen molar-refractivity contribution in [3.8, 4) is 0 Å². The molecule has 0 spiro atoms. The van der Waals surface area contributed by atoms with Gasteiger partial charge in [-0.05, 0) is 36.5 Å². The van der Waals surface area contributed by atoms with E-state index in [2.05, 4.69) is 13.8 Å². The highest BCUT2D eigenvalue weighted by Crippen LogP contribution is 2.89. The maximum Gasteiger partial charge on any atom is -0.0230 e. The normalized spacial score (nSPS) is 52.7. The van der Waals surface area contributed by atoms with Crippen LogP contribution in [-0.2, 0) is 0 Å². The number of hydrogen-bond donors (Lipinski definition) is 0. The van der Waals surface area contributed by atoms with Crippen molar-refractivity contribution in [1.82, 2.24) is 0 Å². The predicted molar refractivity (Wildman–Crippen MR) is 39.3 cm³/mol. The fourth-order valence-corrected chi connectivity index (χ4v) is 2.70. The lowest BCUT2D eigenvalue weighted by atomic mass is 10.1. The van der Waals surface area contributed by atoms with Crippen LogP contribution < -0.4 is 0 Å². The van der Waals surface area contributed by atoms with Crippen LogP contribution in [0.1, 0.15) is 46.0 Å². The first-order valence-corrected chi connectivity index (χ1v) is 4.29. The SMILES string of the molecule is CCCC12CC1(CC)C2. The van der Waals surface area contributed by atoms with Crippen LogP contribution in [-0.4, -0.2) is 0 Å². The van der Waals surface area contributed by atoms with E-state index in [0.29, 0.717) is 0 Å². The summed E-state index contributed by atoms with van der Waals surface area (Å²) in [7, 11) is 0. The first-order chi connectivity index (χ1) is 4.29. The summed E-state index contributed by atoms with van der Waals surface area (Å²) in [6.45, 7) is 4.66. The molecule has 0 saturated heterocycles. The zero-order valence-electron chi connectivity index (χ0n) is 6.54. The van der Waals surface area contributed by atoms with Crippen molar-refractivity contribution in [3.05, 3.63) is 0 Å². The Hall–Kier alpha value is 0.